The molecule has 1 aliphatic rings. The SMILES string of the molecule is CN1C=C(c2ccccc2)Oc2cn(C)nc21. The highest BCUT2D eigenvalue weighted by Crippen LogP contribution is 2.34. The molecule has 0 atom stereocenters. The van der Waals surface area contributed by atoms with E-state index in [2.05, 4.69) is 5.10 Å². The van der Waals surface area contributed by atoms with Crippen LogP contribution in [0.3, 0.4) is 0 Å². The molecule has 2 heterocycles. The Bertz CT molecular complexity index is 572. The van der Waals surface area contributed by atoms with Gasteiger partial charge in [0.15, 0.2) is 17.3 Å². The standard InChI is InChI=1S/C13H13N3O/c1-15-8-11(10-6-4-3-5-7-10)17-12-9-16(2)14-13(12)15/h3-9H,1-2H3. The van der Waals surface area contributed by atoms with Crippen LogP contribution in [0.4, 0.5) is 5.82 Å². The lowest BCUT2D eigenvalue weighted by Gasteiger charge is -2.21. The molecule has 0 spiro atoms. The molecule has 0 saturated heterocycles. The van der Waals surface area contributed by atoms with E-state index in [4.69, 9.17) is 4.74 Å². The van der Waals surface area contributed by atoms with Gasteiger partial charge in [-0.3, -0.25) is 4.68 Å². The minimum atomic E-state index is 0.788. The Labute approximate surface area is 99.7 Å². The van der Waals surface area contributed by atoms with Crippen molar-refractivity contribution in [3.63, 3.8) is 0 Å². The number of aromatic nitrogens is 2. The van der Waals surface area contributed by atoms with E-state index in [0.717, 1.165) is 22.9 Å². The van der Waals surface area contributed by atoms with Crippen LogP contribution in [0, 0.1) is 0 Å². The van der Waals surface area contributed by atoms with Crippen molar-refractivity contribution in [1.29, 1.82) is 0 Å². The highest BCUT2D eigenvalue weighted by atomic mass is 16.5. The quantitative estimate of drug-likeness (QED) is 0.748. The zero-order valence-corrected chi connectivity index (χ0v) is 9.79. The van der Waals surface area contributed by atoms with Gasteiger partial charge in [0.1, 0.15) is 0 Å². The van der Waals surface area contributed by atoms with E-state index >= 15 is 0 Å². The maximum Gasteiger partial charge on any atom is 0.197 e. The number of aryl methyl sites for hydroxylation is 1. The zero-order valence-electron chi connectivity index (χ0n) is 9.79. The maximum absolute atomic E-state index is 5.85. The summed E-state index contributed by atoms with van der Waals surface area (Å²) in [4.78, 5) is 1.97. The van der Waals surface area contributed by atoms with E-state index in [-0.39, 0.29) is 0 Å². The number of benzene rings is 1. The fourth-order valence-corrected chi connectivity index (χ4v) is 1.89. The average molecular weight is 227 g/mol. The van der Waals surface area contributed by atoms with Gasteiger partial charge in [0.05, 0.1) is 6.20 Å². The number of hydrogen-bond donors (Lipinski definition) is 0. The number of ether oxygens (including phenoxy) is 1. The molecule has 0 fully saturated rings. The van der Waals surface area contributed by atoms with E-state index in [0.29, 0.717) is 0 Å². The smallest absolute Gasteiger partial charge is 0.197 e. The van der Waals surface area contributed by atoms with Gasteiger partial charge in [-0.25, -0.2) is 0 Å². The lowest BCUT2D eigenvalue weighted by molar-refractivity contribution is 0.505. The van der Waals surface area contributed by atoms with E-state index in [1.807, 2.05) is 61.7 Å². The summed E-state index contributed by atoms with van der Waals surface area (Å²) in [6.07, 6.45) is 3.83. The minimum absolute atomic E-state index is 0.788. The van der Waals surface area contributed by atoms with E-state index in [9.17, 15) is 0 Å². The third kappa shape index (κ3) is 1.67. The van der Waals surface area contributed by atoms with Crippen LogP contribution in [0.1, 0.15) is 5.56 Å². The van der Waals surface area contributed by atoms with Gasteiger partial charge in [-0.15, -0.1) is 0 Å². The summed E-state index contributed by atoms with van der Waals surface area (Å²) in [5.74, 6) is 2.47. The highest BCUT2D eigenvalue weighted by Gasteiger charge is 2.20. The molecule has 0 bridgehead atoms. The second-order valence-corrected chi connectivity index (χ2v) is 4.06. The predicted octanol–water partition coefficient (Wildman–Crippen LogP) is 2.25. The van der Waals surface area contributed by atoms with E-state index in [1.165, 1.54) is 0 Å². The van der Waals surface area contributed by atoms with Crippen molar-refractivity contribution in [2.75, 3.05) is 11.9 Å². The van der Waals surface area contributed by atoms with Gasteiger partial charge in [0.25, 0.3) is 0 Å². The van der Waals surface area contributed by atoms with Crippen LogP contribution in [0.15, 0.2) is 42.7 Å². The van der Waals surface area contributed by atoms with Crippen LogP contribution in [0.5, 0.6) is 5.75 Å². The molecule has 0 unspecified atom stereocenters. The second-order valence-electron chi connectivity index (χ2n) is 4.06. The van der Waals surface area contributed by atoms with Crippen LogP contribution >= 0.6 is 0 Å². The number of anilines is 1. The van der Waals surface area contributed by atoms with E-state index in [1.54, 1.807) is 4.68 Å². The van der Waals surface area contributed by atoms with Crippen molar-refractivity contribution in [2.24, 2.45) is 7.05 Å². The van der Waals surface area contributed by atoms with Crippen molar-refractivity contribution in [3.05, 3.63) is 48.3 Å². The summed E-state index contributed by atoms with van der Waals surface area (Å²) in [6.45, 7) is 0. The van der Waals surface area contributed by atoms with Crippen molar-refractivity contribution < 1.29 is 4.74 Å². The first kappa shape index (κ1) is 9.96. The lowest BCUT2D eigenvalue weighted by atomic mass is 10.2. The predicted molar refractivity (Wildman–Crippen MR) is 66.7 cm³/mol. The Morgan fingerprint density at radius 2 is 1.88 bits per heavy atom. The lowest BCUT2D eigenvalue weighted by Crippen LogP contribution is -2.16. The Kier molecular flexibility index (Phi) is 2.14. The van der Waals surface area contributed by atoms with Crippen LogP contribution < -0.4 is 9.64 Å². The Morgan fingerprint density at radius 3 is 2.65 bits per heavy atom. The number of nitrogens with zero attached hydrogens (tertiary/aromatic N) is 3. The number of rotatable bonds is 1. The highest BCUT2D eigenvalue weighted by molar-refractivity contribution is 5.71. The summed E-state index contributed by atoms with van der Waals surface area (Å²) in [5.41, 5.74) is 1.06. The molecule has 4 heteroatoms. The van der Waals surface area contributed by atoms with Gasteiger partial charge >= 0.3 is 0 Å². The molecule has 2 aromatic rings. The summed E-state index contributed by atoms with van der Waals surface area (Å²) >= 11 is 0. The molecule has 0 N–H and O–H groups in total. The minimum Gasteiger partial charge on any atom is -0.450 e. The van der Waals surface area contributed by atoms with Crippen LogP contribution in [0.2, 0.25) is 0 Å². The Hall–Kier alpha value is -2.23. The van der Waals surface area contributed by atoms with Gasteiger partial charge in [-0.05, 0) is 0 Å². The largest absolute Gasteiger partial charge is 0.450 e. The van der Waals surface area contributed by atoms with Crippen molar-refractivity contribution in [2.45, 2.75) is 0 Å². The van der Waals surface area contributed by atoms with E-state index < -0.39 is 0 Å². The molecular weight excluding hydrogens is 214 g/mol. The third-order valence-corrected chi connectivity index (χ3v) is 2.70. The van der Waals surface area contributed by atoms with Crippen molar-refractivity contribution in [3.8, 4) is 5.75 Å². The summed E-state index contributed by atoms with van der Waals surface area (Å²) in [6, 6.07) is 10.0. The fraction of sp³-hybridized carbons (Fsp3) is 0.154. The molecule has 1 aromatic heterocycles. The van der Waals surface area contributed by atoms with Crippen LogP contribution in [-0.2, 0) is 7.05 Å². The van der Waals surface area contributed by atoms with Gasteiger partial charge in [0, 0.05) is 25.9 Å². The molecule has 1 aromatic carbocycles. The molecule has 17 heavy (non-hydrogen) atoms. The zero-order chi connectivity index (χ0) is 11.8. The molecule has 0 saturated carbocycles. The average Bonchev–Trinajstić information content (AvgIpc) is 2.71. The van der Waals surface area contributed by atoms with Gasteiger partial charge in [-0.1, -0.05) is 30.3 Å². The van der Waals surface area contributed by atoms with Crippen molar-refractivity contribution >= 4 is 11.6 Å². The Morgan fingerprint density at radius 1 is 1.12 bits per heavy atom. The normalized spacial score (nSPS) is 14.0. The van der Waals surface area contributed by atoms with Gasteiger partial charge in [-0.2, -0.15) is 5.10 Å². The molecule has 1 aliphatic heterocycles. The monoisotopic (exact) mass is 227 g/mol. The molecule has 3 rings (SSSR count). The summed E-state index contributed by atoms with van der Waals surface area (Å²) in [7, 11) is 3.86. The summed E-state index contributed by atoms with van der Waals surface area (Å²) in [5, 5.41) is 4.33. The molecule has 4 nitrogen and oxygen atoms in total. The summed E-state index contributed by atoms with van der Waals surface area (Å²) < 4.78 is 7.60. The van der Waals surface area contributed by atoms with Crippen LogP contribution in [-0.4, -0.2) is 16.8 Å². The molecule has 0 aliphatic carbocycles. The van der Waals surface area contributed by atoms with Gasteiger partial charge < -0.3 is 9.64 Å². The first-order chi connectivity index (χ1) is 8.24. The molecular formula is C13H13N3O. The van der Waals surface area contributed by atoms with Crippen LogP contribution in [0.25, 0.3) is 5.76 Å². The number of hydrogen-bond acceptors (Lipinski definition) is 3. The topological polar surface area (TPSA) is 30.3 Å². The Balaban J connectivity index is 2.01. The number of fused-ring (bicyclic) bond motifs is 1. The third-order valence-electron chi connectivity index (χ3n) is 2.70. The maximum atomic E-state index is 5.85. The molecule has 0 radical (unpaired) electrons. The first-order valence-corrected chi connectivity index (χ1v) is 5.45. The first-order valence-electron chi connectivity index (χ1n) is 5.45. The molecule has 86 valence electrons. The molecule has 0 amide bonds. The van der Waals surface area contributed by atoms with Gasteiger partial charge in [0.2, 0.25) is 0 Å². The fourth-order valence-electron chi connectivity index (χ4n) is 1.89. The second kappa shape index (κ2) is 3.66. The van der Waals surface area contributed by atoms with Crippen molar-refractivity contribution in [1.82, 2.24) is 9.78 Å².